The Morgan fingerprint density at radius 2 is 1.81 bits per heavy atom. The smallest absolute Gasteiger partial charge is 0.323 e. The number of likely N-dealkylation sites (N-methyl/N-ethyl adjacent to an activating group) is 1. The molecule has 4 rings (SSSR count). The first-order chi connectivity index (χ1) is 17.3. The lowest BCUT2D eigenvalue weighted by molar-refractivity contribution is -0.152. The van der Waals surface area contributed by atoms with Crippen LogP contribution in [-0.2, 0) is 14.4 Å². The first-order valence-corrected chi connectivity index (χ1v) is 12.5. The summed E-state index contributed by atoms with van der Waals surface area (Å²) in [5, 5.41) is 10.2. The number of aromatic amines is 1. The predicted molar refractivity (Wildman–Crippen MR) is 133 cm³/mol. The molecule has 2 aromatic rings. The number of methoxy groups -OCH3 is 1. The molecule has 2 amide bonds. The molecule has 1 saturated carbocycles. The molecule has 1 saturated heterocycles. The Labute approximate surface area is 210 Å². The number of nitrogens with zero attached hydrogens (tertiary/aromatic N) is 3. The number of piperazine rings is 1. The lowest BCUT2D eigenvalue weighted by atomic mass is 9.82. The number of Topliss-reactive ketones (excluding diaryl/α,β-unsaturated/α-hetero) is 1. The van der Waals surface area contributed by atoms with Gasteiger partial charge in [0.1, 0.15) is 18.3 Å². The molecule has 2 heterocycles. The molecule has 0 bridgehead atoms. The number of carbonyl (C=O) groups excluding carboxylic acids is 3. The zero-order valence-corrected chi connectivity index (χ0v) is 20.9. The second-order valence-electron chi connectivity index (χ2n) is 9.74. The molecule has 10 heteroatoms. The Balaban J connectivity index is 1.68. The van der Waals surface area contributed by atoms with Gasteiger partial charge in [-0.2, -0.15) is 0 Å². The molecular weight excluding hydrogens is 464 g/mol. The molecule has 10 nitrogen and oxygen atoms in total. The number of benzene rings is 1. The summed E-state index contributed by atoms with van der Waals surface area (Å²) in [6.45, 7) is 1.71. The van der Waals surface area contributed by atoms with Crippen molar-refractivity contribution in [3.05, 3.63) is 30.0 Å². The molecule has 2 N–H and O–H groups in total. The highest BCUT2D eigenvalue weighted by atomic mass is 16.5. The van der Waals surface area contributed by atoms with Gasteiger partial charge in [-0.15, -0.1) is 0 Å². The molecule has 1 aromatic heterocycles. The van der Waals surface area contributed by atoms with Gasteiger partial charge < -0.3 is 29.5 Å². The van der Waals surface area contributed by atoms with E-state index in [1.807, 2.05) is 7.05 Å². The molecule has 1 aromatic carbocycles. The molecule has 0 spiro atoms. The number of carboxylic acids is 1. The van der Waals surface area contributed by atoms with Crippen molar-refractivity contribution >= 4 is 34.5 Å². The average Bonchev–Trinajstić information content (AvgIpc) is 3.31. The molecule has 1 atom stereocenters. The molecule has 1 aliphatic carbocycles. The lowest BCUT2D eigenvalue weighted by Crippen LogP contribution is -2.59. The summed E-state index contributed by atoms with van der Waals surface area (Å²) >= 11 is 0. The van der Waals surface area contributed by atoms with Crippen molar-refractivity contribution in [1.82, 2.24) is 19.7 Å². The number of amides is 2. The van der Waals surface area contributed by atoms with Crippen molar-refractivity contribution in [3.8, 4) is 5.75 Å². The third kappa shape index (κ3) is 5.38. The van der Waals surface area contributed by atoms with Gasteiger partial charge in [0.05, 0.1) is 12.7 Å². The Morgan fingerprint density at radius 3 is 2.44 bits per heavy atom. The van der Waals surface area contributed by atoms with E-state index in [0.717, 1.165) is 24.2 Å². The van der Waals surface area contributed by atoms with Crippen LogP contribution in [0.3, 0.4) is 0 Å². The fraction of sp³-hybridized carbons (Fsp3) is 0.538. The molecule has 0 unspecified atom stereocenters. The SMILES string of the molecule is COc1ccc2c(C(=O)C(=O)N(CC(=O)O)[C@@H](C(=O)N3CCN(C)CC3)C3CCCCC3)c[nH]c2c1. The second kappa shape index (κ2) is 11.1. The van der Waals surface area contributed by atoms with E-state index in [1.54, 1.807) is 23.1 Å². The van der Waals surface area contributed by atoms with Crippen molar-refractivity contribution in [2.75, 3.05) is 46.9 Å². The van der Waals surface area contributed by atoms with Gasteiger partial charge in [-0.05, 0) is 37.9 Å². The fourth-order valence-corrected chi connectivity index (χ4v) is 5.36. The zero-order valence-electron chi connectivity index (χ0n) is 20.9. The normalized spacial score (nSPS) is 18.1. The maximum atomic E-state index is 13.8. The average molecular weight is 499 g/mol. The van der Waals surface area contributed by atoms with Gasteiger partial charge in [0.15, 0.2) is 0 Å². The fourth-order valence-electron chi connectivity index (χ4n) is 5.36. The van der Waals surface area contributed by atoms with Crippen molar-refractivity contribution in [2.45, 2.75) is 38.1 Å². The Bertz CT molecular complexity index is 1130. The molecular formula is C26H34N4O6. The van der Waals surface area contributed by atoms with Gasteiger partial charge >= 0.3 is 5.97 Å². The highest BCUT2D eigenvalue weighted by Crippen LogP contribution is 2.31. The van der Waals surface area contributed by atoms with E-state index in [4.69, 9.17) is 4.74 Å². The van der Waals surface area contributed by atoms with E-state index in [0.29, 0.717) is 55.7 Å². The summed E-state index contributed by atoms with van der Waals surface area (Å²) in [4.78, 5) is 60.6. The maximum Gasteiger partial charge on any atom is 0.323 e. The summed E-state index contributed by atoms with van der Waals surface area (Å²) in [6.07, 6.45) is 5.73. The van der Waals surface area contributed by atoms with E-state index in [2.05, 4.69) is 9.88 Å². The van der Waals surface area contributed by atoms with Crippen LogP contribution in [0.25, 0.3) is 10.9 Å². The molecule has 1 aliphatic heterocycles. The first kappa shape index (κ1) is 25.7. The molecule has 36 heavy (non-hydrogen) atoms. The van der Waals surface area contributed by atoms with E-state index in [9.17, 15) is 24.3 Å². The van der Waals surface area contributed by atoms with Gasteiger partial charge in [0.25, 0.3) is 11.7 Å². The van der Waals surface area contributed by atoms with Crippen LogP contribution in [0.4, 0.5) is 0 Å². The zero-order chi connectivity index (χ0) is 25.8. The number of aliphatic carboxylic acids is 1. The van der Waals surface area contributed by atoms with Crippen LogP contribution in [0.5, 0.6) is 5.75 Å². The van der Waals surface area contributed by atoms with E-state index in [1.165, 1.54) is 13.3 Å². The summed E-state index contributed by atoms with van der Waals surface area (Å²) in [7, 11) is 3.52. The van der Waals surface area contributed by atoms with Gasteiger partial charge in [0, 0.05) is 49.3 Å². The third-order valence-corrected chi connectivity index (χ3v) is 7.39. The van der Waals surface area contributed by atoms with Crippen LogP contribution in [0, 0.1) is 5.92 Å². The van der Waals surface area contributed by atoms with Crippen molar-refractivity contribution in [1.29, 1.82) is 0 Å². The van der Waals surface area contributed by atoms with Crippen molar-refractivity contribution in [2.24, 2.45) is 5.92 Å². The summed E-state index contributed by atoms with van der Waals surface area (Å²) in [5.41, 5.74) is 0.759. The Morgan fingerprint density at radius 1 is 1.11 bits per heavy atom. The van der Waals surface area contributed by atoms with E-state index >= 15 is 0 Å². The third-order valence-electron chi connectivity index (χ3n) is 7.39. The quantitative estimate of drug-likeness (QED) is 0.421. The highest BCUT2D eigenvalue weighted by molar-refractivity contribution is 6.45. The number of nitrogens with one attached hydrogen (secondary N) is 1. The van der Waals surface area contributed by atoms with Crippen LogP contribution in [-0.4, -0.2) is 101 Å². The Hall–Kier alpha value is -3.40. The van der Waals surface area contributed by atoms with Crippen LogP contribution in [0.2, 0.25) is 0 Å². The van der Waals surface area contributed by atoms with Crippen LogP contribution < -0.4 is 4.74 Å². The molecule has 194 valence electrons. The van der Waals surface area contributed by atoms with Crippen LogP contribution >= 0.6 is 0 Å². The minimum atomic E-state index is -1.26. The minimum absolute atomic E-state index is 0.141. The minimum Gasteiger partial charge on any atom is -0.497 e. The molecule has 2 fully saturated rings. The number of ketones is 1. The number of rotatable bonds is 8. The standard InChI is InChI=1S/C26H34N4O6/c1-28-10-12-29(13-11-28)25(34)23(17-6-4-3-5-7-17)30(16-22(31)32)26(35)24(33)20-15-27-21-14-18(36-2)8-9-19(20)21/h8-9,14-15,17,23,27H,3-7,10-13,16H2,1-2H3,(H,31,32)/t23-/m1/s1. The molecule has 2 aliphatic rings. The molecule has 0 radical (unpaired) electrons. The second-order valence-corrected chi connectivity index (χ2v) is 9.74. The van der Waals surface area contributed by atoms with Gasteiger partial charge in [-0.1, -0.05) is 19.3 Å². The number of H-pyrrole nitrogens is 1. The lowest BCUT2D eigenvalue weighted by Gasteiger charge is -2.41. The van der Waals surface area contributed by atoms with E-state index < -0.39 is 30.2 Å². The highest BCUT2D eigenvalue weighted by Gasteiger charge is 2.42. The number of hydrogen-bond donors (Lipinski definition) is 2. The summed E-state index contributed by atoms with van der Waals surface area (Å²) in [5.74, 6) is -2.91. The maximum absolute atomic E-state index is 13.8. The summed E-state index contributed by atoms with van der Waals surface area (Å²) in [6, 6.07) is 4.11. The topological polar surface area (TPSA) is 123 Å². The van der Waals surface area contributed by atoms with Crippen molar-refractivity contribution < 1.29 is 29.0 Å². The number of ether oxygens (including phenoxy) is 1. The first-order valence-electron chi connectivity index (χ1n) is 12.5. The van der Waals surface area contributed by atoms with Crippen LogP contribution in [0.1, 0.15) is 42.5 Å². The number of hydrogen-bond acceptors (Lipinski definition) is 6. The predicted octanol–water partition coefficient (Wildman–Crippen LogP) is 2.00. The van der Waals surface area contributed by atoms with Crippen molar-refractivity contribution in [3.63, 3.8) is 0 Å². The van der Waals surface area contributed by atoms with Gasteiger partial charge in [-0.25, -0.2) is 0 Å². The number of aromatic nitrogens is 1. The van der Waals surface area contributed by atoms with E-state index in [-0.39, 0.29) is 17.4 Å². The Kier molecular flexibility index (Phi) is 7.93. The number of fused-ring (bicyclic) bond motifs is 1. The monoisotopic (exact) mass is 498 g/mol. The number of carboxylic acid groups (broad SMARTS) is 1. The summed E-state index contributed by atoms with van der Waals surface area (Å²) < 4.78 is 5.22. The van der Waals surface area contributed by atoms with Gasteiger partial charge in [-0.3, -0.25) is 19.2 Å². The van der Waals surface area contributed by atoms with Crippen LogP contribution in [0.15, 0.2) is 24.4 Å². The number of carbonyl (C=O) groups is 4. The van der Waals surface area contributed by atoms with Gasteiger partial charge in [0.2, 0.25) is 5.91 Å². The largest absolute Gasteiger partial charge is 0.497 e.